The smallest absolute Gasteiger partial charge is 0.135 e. The molecule has 21 heavy (non-hydrogen) atoms. The van der Waals surface area contributed by atoms with Crippen molar-refractivity contribution >= 4 is 5.82 Å². The van der Waals surface area contributed by atoms with Gasteiger partial charge in [0.15, 0.2) is 0 Å². The van der Waals surface area contributed by atoms with E-state index in [0.717, 1.165) is 30.1 Å². The molecule has 3 aliphatic heterocycles. The number of piperidine rings is 1. The predicted molar refractivity (Wildman–Crippen MR) is 84.5 cm³/mol. The van der Waals surface area contributed by atoms with Crippen molar-refractivity contribution in [2.75, 3.05) is 31.1 Å². The molecular formula is C17H26N4. The molecule has 5 rings (SSSR count). The standard InChI is InChI=1S/C17H26N4/c1-12-13(2)18-11-19-17(12)21-9-15-5-6-16(10-21)20(8-15)7-14-3-4-14/h11,14-16H,3-10H2,1-2H3. The Kier molecular flexibility index (Phi) is 3.37. The fourth-order valence-electron chi connectivity index (χ4n) is 4.05. The highest BCUT2D eigenvalue weighted by Crippen LogP contribution is 2.36. The van der Waals surface area contributed by atoms with Crippen LogP contribution in [0.4, 0.5) is 5.82 Å². The molecule has 0 spiro atoms. The Hall–Kier alpha value is -1.16. The van der Waals surface area contributed by atoms with Gasteiger partial charge in [0.25, 0.3) is 0 Å². The lowest BCUT2D eigenvalue weighted by atomic mass is 9.95. The van der Waals surface area contributed by atoms with E-state index in [-0.39, 0.29) is 0 Å². The Morgan fingerprint density at radius 2 is 1.90 bits per heavy atom. The van der Waals surface area contributed by atoms with Crippen LogP contribution in [0.3, 0.4) is 0 Å². The van der Waals surface area contributed by atoms with Crippen LogP contribution < -0.4 is 4.90 Å². The summed E-state index contributed by atoms with van der Waals surface area (Å²) in [5.74, 6) is 2.99. The molecule has 1 aromatic rings. The van der Waals surface area contributed by atoms with Crippen LogP contribution in [0.5, 0.6) is 0 Å². The van der Waals surface area contributed by atoms with Crippen LogP contribution in [0.25, 0.3) is 0 Å². The van der Waals surface area contributed by atoms with Crippen molar-refractivity contribution in [2.45, 2.75) is 45.6 Å². The van der Waals surface area contributed by atoms with Gasteiger partial charge in [0.05, 0.1) is 0 Å². The molecule has 4 fully saturated rings. The number of hydrogen-bond acceptors (Lipinski definition) is 4. The Bertz CT molecular complexity index is 526. The van der Waals surface area contributed by atoms with E-state index in [1.807, 2.05) is 0 Å². The second-order valence-electron chi connectivity index (χ2n) is 7.31. The molecular weight excluding hydrogens is 260 g/mol. The highest BCUT2D eigenvalue weighted by molar-refractivity contribution is 5.48. The lowest BCUT2D eigenvalue weighted by Crippen LogP contribution is -2.44. The van der Waals surface area contributed by atoms with Gasteiger partial charge in [0, 0.05) is 43.5 Å². The van der Waals surface area contributed by atoms with Crippen molar-refractivity contribution in [2.24, 2.45) is 11.8 Å². The molecule has 0 N–H and O–H groups in total. The molecule has 1 aliphatic carbocycles. The second kappa shape index (κ2) is 5.24. The number of rotatable bonds is 3. The van der Waals surface area contributed by atoms with E-state index in [1.165, 1.54) is 56.7 Å². The summed E-state index contributed by atoms with van der Waals surface area (Å²) in [4.78, 5) is 14.2. The normalized spacial score (nSPS) is 29.7. The lowest BCUT2D eigenvalue weighted by Gasteiger charge is -2.36. The summed E-state index contributed by atoms with van der Waals surface area (Å²) >= 11 is 0. The molecule has 0 radical (unpaired) electrons. The van der Waals surface area contributed by atoms with E-state index in [4.69, 9.17) is 0 Å². The molecule has 1 saturated carbocycles. The number of nitrogens with zero attached hydrogens (tertiary/aromatic N) is 4. The molecule has 4 nitrogen and oxygen atoms in total. The van der Waals surface area contributed by atoms with Gasteiger partial charge in [-0.2, -0.15) is 0 Å². The lowest BCUT2D eigenvalue weighted by molar-refractivity contribution is 0.128. The van der Waals surface area contributed by atoms with Gasteiger partial charge in [-0.05, 0) is 51.4 Å². The van der Waals surface area contributed by atoms with Gasteiger partial charge in [-0.1, -0.05) is 0 Å². The van der Waals surface area contributed by atoms with Crippen molar-refractivity contribution in [3.63, 3.8) is 0 Å². The van der Waals surface area contributed by atoms with E-state index in [9.17, 15) is 0 Å². The predicted octanol–water partition coefficient (Wildman–Crippen LogP) is 2.40. The zero-order valence-electron chi connectivity index (χ0n) is 13.3. The van der Waals surface area contributed by atoms with Crippen LogP contribution in [-0.4, -0.2) is 47.1 Å². The Balaban J connectivity index is 1.56. The van der Waals surface area contributed by atoms with Crippen molar-refractivity contribution in [1.29, 1.82) is 0 Å². The fourth-order valence-corrected chi connectivity index (χ4v) is 4.05. The first-order valence-corrected chi connectivity index (χ1v) is 8.48. The highest BCUT2D eigenvalue weighted by atomic mass is 15.3. The summed E-state index contributed by atoms with van der Waals surface area (Å²) in [7, 11) is 0. The summed E-state index contributed by atoms with van der Waals surface area (Å²) in [6.07, 6.45) is 7.42. The van der Waals surface area contributed by atoms with Crippen molar-refractivity contribution in [3.05, 3.63) is 17.6 Å². The minimum atomic E-state index is 0.735. The fraction of sp³-hybridized carbons (Fsp3) is 0.765. The average Bonchev–Trinajstić information content (AvgIpc) is 3.29. The van der Waals surface area contributed by atoms with Crippen LogP contribution in [0.1, 0.15) is 36.9 Å². The summed E-state index contributed by atoms with van der Waals surface area (Å²) in [6.45, 7) is 9.23. The minimum absolute atomic E-state index is 0.735. The molecule has 4 aliphatic rings. The maximum Gasteiger partial charge on any atom is 0.135 e. The molecule has 2 atom stereocenters. The van der Waals surface area contributed by atoms with Crippen LogP contribution in [0.2, 0.25) is 0 Å². The van der Waals surface area contributed by atoms with E-state index in [0.29, 0.717) is 0 Å². The maximum atomic E-state index is 4.60. The first-order chi connectivity index (χ1) is 10.2. The van der Waals surface area contributed by atoms with E-state index >= 15 is 0 Å². The summed E-state index contributed by atoms with van der Waals surface area (Å²) in [5, 5.41) is 0. The van der Waals surface area contributed by atoms with Gasteiger partial charge < -0.3 is 4.90 Å². The highest BCUT2D eigenvalue weighted by Gasteiger charge is 2.37. The van der Waals surface area contributed by atoms with Crippen molar-refractivity contribution < 1.29 is 0 Å². The van der Waals surface area contributed by atoms with Crippen LogP contribution >= 0.6 is 0 Å². The topological polar surface area (TPSA) is 32.3 Å². The largest absolute Gasteiger partial charge is 0.354 e. The Morgan fingerprint density at radius 1 is 1.05 bits per heavy atom. The molecule has 4 heteroatoms. The van der Waals surface area contributed by atoms with Gasteiger partial charge >= 0.3 is 0 Å². The monoisotopic (exact) mass is 286 g/mol. The number of anilines is 1. The first-order valence-electron chi connectivity index (χ1n) is 8.48. The quantitative estimate of drug-likeness (QED) is 0.854. The Labute approximate surface area is 127 Å². The van der Waals surface area contributed by atoms with E-state index in [1.54, 1.807) is 6.33 Å². The van der Waals surface area contributed by atoms with Gasteiger partial charge in [0.1, 0.15) is 12.1 Å². The van der Waals surface area contributed by atoms with E-state index < -0.39 is 0 Å². The number of hydrogen-bond donors (Lipinski definition) is 0. The molecule has 0 amide bonds. The number of aromatic nitrogens is 2. The summed E-state index contributed by atoms with van der Waals surface area (Å²) in [5.41, 5.74) is 2.37. The van der Waals surface area contributed by atoms with E-state index in [2.05, 4.69) is 33.6 Å². The zero-order valence-corrected chi connectivity index (χ0v) is 13.3. The third kappa shape index (κ3) is 2.66. The molecule has 2 bridgehead atoms. The van der Waals surface area contributed by atoms with Gasteiger partial charge in [-0.15, -0.1) is 0 Å². The van der Waals surface area contributed by atoms with Crippen LogP contribution in [0.15, 0.2) is 6.33 Å². The van der Waals surface area contributed by atoms with Crippen LogP contribution in [0, 0.1) is 25.7 Å². The average molecular weight is 286 g/mol. The molecule has 3 saturated heterocycles. The molecule has 4 heterocycles. The summed E-state index contributed by atoms with van der Waals surface area (Å²) < 4.78 is 0. The molecule has 0 aromatic carbocycles. The Morgan fingerprint density at radius 3 is 2.71 bits per heavy atom. The maximum absolute atomic E-state index is 4.60. The first kappa shape index (κ1) is 13.5. The number of aryl methyl sites for hydroxylation is 1. The third-order valence-electron chi connectivity index (χ3n) is 5.63. The summed E-state index contributed by atoms with van der Waals surface area (Å²) in [6, 6.07) is 0.735. The second-order valence-corrected chi connectivity index (χ2v) is 7.31. The molecule has 2 unspecified atom stereocenters. The minimum Gasteiger partial charge on any atom is -0.354 e. The molecule has 114 valence electrons. The zero-order chi connectivity index (χ0) is 14.4. The third-order valence-corrected chi connectivity index (χ3v) is 5.63. The van der Waals surface area contributed by atoms with Gasteiger partial charge in [-0.25, -0.2) is 9.97 Å². The van der Waals surface area contributed by atoms with Crippen molar-refractivity contribution in [3.8, 4) is 0 Å². The van der Waals surface area contributed by atoms with Gasteiger partial charge in [0.2, 0.25) is 0 Å². The van der Waals surface area contributed by atoms with Crippen LogP contribution in [-0.2, 0) is 0 Å². The SMILES string of the molecule is Cc1ncnc(N2CC3CCC(C2)N(CC2CC2)C3)c1C. The van der Waals surface area contributed by atoms with Crippen molar-refractivity contribution in [1.82, 2.24) is 14.9 Å². The number of fused-ring (bicyclic) bond motifs is 4. The van der Waals surface area contributed by atoms with Gasteiger partial charge in [-0.3, -0.25) is 4.90 Å². The molecule has 1 aromatic heterocycles.